The summed E-state index contributed by atoms with van der Waals surface area (Å²) in [6.07, 6.45) is 2.35. The molecular weight excluding hydrogens is 164 g/mol. The van der Waals surface area contributed by atoms with E-state index < -0.39 is 0 Å². The van der Waals surface area contributed by atoms with Crippen molar-refractivity contribution < 1.29 is 0 Å². The minimum Gasteiger partial charge on any atom is -0.100 e. The molecular formula is C7H13Br. The van der Waals surface area contributed by atoms with E-state index in [1.807, 2.05) is 0 Å². The van der Waals surface area contributed by atoms with Crippen molar-refractivity contribution in [3.63, 3.8) is 0 Å². The van der Waals surface area contributed by atoms with Crippen LogP contribution in [0.25, 0.3) is 0 Å². The fourth-order valence-electron chi connectivity index (χ4n) is 0.445. The summed E-state index contributed by atoms with van der Waals surface area (Å²) in [5.74, 6) is 0. The first-order valence-corrected chi connectivity index (χ1v) is 3.83. The largest absolute Gasteiger partial charge is 0.100 e. The molecule has 0 aromatic rings. The van der Waals surface area contributed by atoms with Crippen molar-refractivity contribution in [2.75, 3.05) is 0 Å². The molecule has 0 rings (SSSR count). The van der Waals surface area contributed by atoms with Crippen molar-refractivity contribution in [1.82, 2.24) is 0 Å². The summed E-state index contributed by atoms with van der Waals surface area (Å²) in [7, 11) is 0. The van der Waals surface area contributed by atoms with Crippen molar-refractivity contribution in [3.05, 3.63) is 12.2 Å². The Bertz CT molecular complexity index is 74.5. The van der Waals surface area contributed by atoms with E-state index in [1.54, 1.807) is 0 Å². The van der Waals surface area contributed by atoms with Crippen LogP contribution in [0.2, 0.25) is 0 Å². The standard InChI is InChI=1S/C7H13Br/c1-6(2)4-5-7(3)8/h7H,1,4-5H2,2-3H3. The predicted molar refractivity (Wildman–Crippen MR) is 42.4 cm³/mol. The van der Waals surface area contributed by atoms with Crippen molar-refractivity contribution in [1.29, 1.82) is 0 Å². The van der Waals surface area contributed by atoms with Gasteiger partial charge in [-0.15, -0.1) is 6.58 Å². The molecule has 0 aliphatic heterocycles. The quantitative estimate of drug-likeness (QED) is 0.459. The van der Waals surface area contributed by atoms with Crippen LogP contribution in [0.1, 0.15) is 26.7 Å². The molecule has 0 fully saturated rings. The van der Waals surface area contributed by atoms with Crippen molar-refractivity contribution in [2.45, 2.75) is 31.5 Å². The highest BCUT2D eigenvalue weighted by atomic mass is 79.9. The summed E-state index contributed by atoms with van der Waals surface area (Å²) >= 11 is 3.46. The van der Waals surface area contributed by atoms with Gasteiger partial charge < -0.3 is 0 Å². The molecule has 1 unspecified atom stereocenters. The minimum absolute atomic E-state index is 0.638. The molecule has 0 amide bonds. The third kappa shape index (κ3) is 6.22. The van der Waals surface area contributed by atoms with E-state index in [-0.39, 0.29) is 0 Å². The Morgan fingerprint density at radius 3 is 2.38 bits per heavy atom. The van der Waals surface area contributed by atoms with E-state index in [9.17, 15) is 0 Å². The second-order valence-corrected chi connectivity index (χ2v) is 3.84. The van der Waals surface area contributed by atoms with Gasteiger partial charge in [0.2, 0.25) is 0 Å². The SMILES string of the molecule is C=C(C)CCC(C)Br. The van der Waals surface area contributed by atoms with Gasteiger partial charge in [0.05, 0.1) is 0 Å². The molecule has 1 atom stereocenters. The third-order valence-electron chi connectivity index (χ3n) is 0.969. The van der Waals surface area contributed by atoms with Crippen LogP contribution < -0.4 is 0 Å². The average molecular weight is 177 g/mol. The van der Waals surface area contributed by atoms with Gasteiger partial charge in [0.1, 0.15) is 0 Å². The average Bonchev–Trinajstić information content (AvgIpc) is 1.61. The Labute approximate surface area is 60.1 Å². The lowest BCUT2D eigenvalue weighted by Gasteiger charge is -1.99. The maximum Gasteiger partial charge on any atom is 0.0120 e. The van der Waals surface area contributed by atoms with E-state index in [4.69, 9.17) is 0 Å². The maximum absolute atomic E-state index is 3.81. The zero-order chi connectivity index (χ0) is 6.57. The minimum atomic E-state index is 0.638. The monoisotopic (exact) mass is 176 g/mol. The Kier molecular flexibility index (Phi) is 4.25. The lowest BCUT2D eigenvalue weighted by Crippen LogP contribution is -1.88. The molecule has 48 valence electrons. The van der Waals surface area contributed by atoms with Gasteiger partial charge in [0, 0.05) is 4.83 Å². The van der Waals surface area contributed by atoms with Crippen LogP contribution in [-0.2, 0) is 0 Å². The van der Waals surface area contributed by atoms with Crippen LogP contribution in [0.3, 0.4) is 0 Å². The molecule has 0 aromatic heterocycles. The van der Waals surface area contributed by atoms with Gasteiger partial charge in [0.15, 0.2) is 0 Å². The van der Waals surface area contributed by atoms with Gasteiger partial charge in [0.25, 0.3) is 0 Å². The summed E-state index contributed by atoms with van der Waals surface area (Å²) < 4.78 is 0. The first-order chi connectivity index (χ1) is 3.63. The molecule has 8 heavy (non-hydrogen) atoms. The summed E-state index contributed by atoms with van der Waals surface area (Å²) in [5, 5.41) is 0. The molecule has 0 saturated carbocycles. The fourth-order valence-corrected chi connectivity index (χ4v) is 0.674. The summed E-state index contributed by atoms with van der Waals surface area (Å²) in [5.41, 5.74) is 1.27. The number of hydrogen-bond donors (Lipinski definition) is 0. The van der Waals surface area contributed by atoms with Crippen LogP contribution >= 0.6 is 15.9 Å². The molecule has 0 heterocycles. The molecule has 0 saturated heterocycles. The van der Waals surface area contributed by atoms with Crippen LogP contribution in [0.4, 0.5) is 0 Å². The molecule has 0 aromatic carbocycles. The van der Waals surface area contributed by atoms with Crippen molar-refractivity contribution in [3.8, 4) is 0 Å². The summed E-state index contributed by atoms with van der Waals surface area (Å²) in [6.45, 7) is 8.03. The topological polar surface area (TPSA) is 0 Å². The number of hydrogen-bond acceptors (Lipinski definition) is 0. The van der Waals surface area contributed by atoms with E-state index in [0.29, 0.717) is 4.83 Å². The second-order valence-electron chi connectivity index (χ2n) is 2.28. The van der Waals surface area contributed by atoms with Gasteiger partial charge >= 0.3 is 0 Å². The Balaban J connectivity index is 3.05. The second kappa shape index (κ2) is 4.13. The number of allylic oxidation sites excluding steroid dienone is 1. The number of alkyl halides is 1. The normalized spacial score (nSPS) is 13.4. The molecule has 0 spiro atoms. The van der Waals surface area contributed by atoms with Gasteiger partial charge in [-0.2, -0.15) is 0 Å². The Morgan fingerprint density at radius 1 is 1.75 bits per heavy atom. The van der Waals surface area contributed by atoms with Gasteiger partial charge in [-0.1, -0.05) is 28.4 Å². The van der Waals surface area contributed by atoms with Crippen molar-refractivity contribution in [2.24, 2.45) is 0 Å². The maximum atomic E-state index is 3.81. The highest BCUT2D eigenvalue weighted by Crippen LogP contribution is 2.09. The third-order valence-corrected chi connectivity index (χ3v) is 1.43. The van der Waals surface area contributed by atoms with E-state index in [2.05, 4.69) is 36.4 Å². The van der Waals surface area contributed by atoms with E-state index in [1.165, 1.54) is 12.0 Å². The number of rotatable bonds is 3. The highest BCUT2D eigenvalue weighted by Gasteiger charge is 1.93. The predicted octanol–water partition coefficient (Wildman–Crippen LogP) is 3.13. The van der Waals surface area contributed by atoms with Crippen LogP contribution in [0, 0.1) is 0 Å². The molecule has 0 aliphatic carbocycles. The zero-order valence-corrected chi connectivity index (χ0v) is 7.16. The van der Waals surface area contributed by atoms with E-state index in [0.717, 1.165) is 6.42 Å². The lowest BCUT2D eigenvalue weighted by atomic mass is 10.2. The Hall–Kier alpha value is 0.220. The van der Waals surface area contributed by atoms with E-state index >= 15 is 0 Å². The Morgan fingerprint density at radius 2 is 2.25 bits per heavy atom. The molecule has 0 nitrogen and oxygen atoms in total. The van der Waals surface area contributed by atoms with Gasteiger partial charge in [-0.3, -0.25) is 0 Å². The first-order valence-electron chi connectivity index (χ1n) is 2.91. The van der Waals surface area contributed by atoms with Crippen LogP contribution in [0.5, 0.6) is 0 Å². The summed E-state index contributed by atoms with van der Waals surface area (Å²) in [6, 6.07) is 0. The molecule has 0 bridgehead atoms. The smallest absolute Gasteiger partial charge is 0.0120 e. The molecule has 1 heteroatoms. The van der Waals surface area contributed by atoms with Crippen LogP contribution in [0.15, 0.2) is 12.2 Å². The first kappa shape index (κ1) is 8.22. The molecule has 0 radical (unpaired) electrons. The zero-order valence-electron chi connectivity index (χ0n) is 5.58. The van der Waals surface area contributed by atoms with Gasteiger partial charge in [-0.05, 0) is 19.8 Å². The van der Waals surface area contributed by atoms with Gasteiger partial charge in [-0.25, -0.2) is 0 Å². The van der Waals surface area contributed by atoms with Crippen molar-refractivity contribution >= 4 is 15.9 Å². The highest BCUT2D eigenvalue weighted by molar-refractivity contribution is 9.09. The fraction of sp³-hybridized carbons (Fsp3) is 0.714. The number of halogens is 1. The molecule has 0 N–H and O–H groups in total. The summed E-state index contributed by atoms with van der Waals surface area (Å²) in [4.78, 5) is 0.638. The van der Waals surface area contributed by atoms with Crippen LogP contribution in [-0.4, -0.2) is 4.83 Å². The molecule has 0 aliphatic rings. The lowest BCUT2D eigenvalue weighted by molar-refractivity contribution is 0.815.